The lowest BCUT2D eigenvalue weighted by molar-refractivity contribution is 0.234. The monoisotopic (exact) mass is 214 g/mol. The first-order valence-electron chi connectivity index (χ1n) is 3.79. The third kappa shape index (κ3) is 2.36. The van der Waals surface area contributed by atoms with Crippen molar-refractivity contribution in [3.63, 3.8) is 0 Å². The number of rotatable bonds is 3. The summed E-state index contributed by atoms with van der Waals surface area (Å²) in [5, 5.41) is 8.86. The zero-order chi connectivity index (χ0) is 9.84. The number of nitrogens with zero attached hydrogens (tertiary/aromatic N) is 2. The summed E-state index contributed by atoms with van der Waals surface area (Å²) < 4.78 is 10.4. The van der Waals surface area contributed by atoms with Crippen LogP contribution >= 0.6 is 23.3 Å². The van der Waals surface area contributed by atoms with Crippen molar-refractivity contribution < 1.29 is 4.74 Å². The van der Waals surface area contributed by atoms with Gasteiger partial charge in [0.05, 0.1) is 6.10 Å². The number of aromatic nitrogens is 1. The van der Waals surface area contributed by atoms with Gasteiger partial charge < -0.3 is 4.74 Å². The molecule has 1 rings (SSSR count). The molecule has 0 spiro atoms. The molecule has 0 atom stereocenters. The number of hydrogen-bond acceptors (Lipinski definition) is 5. The first kappa shape index (κ1) is 10.4. The highest BCUT2D eigenvalue weighted by atomic mass is 32.2. The minimum atomic E-state index is 0.0592. The maximum Gasteiger partial charge on any atom is 0.244 e. The second-order valence-electron chi connectivity index (χ2n) is 2.63. The number of hydrogen-bond donors (Lipinski definition) is 0. The minimum Gasteiger partial charge on any atom is -0.473 e. The van der Waals surface area contributed by atoms with E-state index in [4.69, 9.17) is 10.00 Å². The molecule has 0 aliphatic carbocycles. The lowest BCUT2D eigenvalue weighted by Gasteiger charge is -2.05. The zero-order valence-electron chi connectivity index (χ0n) is 7.70. The van der Waals surface area contributed by atoms with Crippen LogP contribution in [0.5, 0.6) is 5.88 Å². The molecule has 70 valence electrons. The largest absolute Gasteiger partial charge is 0.473 e. The summed E-state index contributed by atoms with van der Waals surface area (Å²) in [6.45, 7) is 3.83. The van der Waals surface area contributed by atoms with Crippen LogP contribution in [0, 0.1) is 11.3 Å². The molecule has 0 saturated carbocycles. The standard InChI is InChI=1S/C8H10N2OS2/c1-5(2)11-7-6(4-9)8(12-3)13-10-7/h5H,1-3H3. The summed E-state index contributed by atoms with van der Waals surface area (Å²) in [6, 6.07) is 2.10. The third-order valence-corrected chi connectivity index (χ3v) is 3.20. The van der Waals surface area contributed by atoms with Crippen LogP contribution < -0.4 is 4.74 Å². The molecule has 1 heterocycles. The third-order valence-electron chi connectivity index (χ3n) is 1.27. The quantitative estimate of drug-likeness (QED) is 0.725. The molecule has 0 bridgehead atoms. The Morgan fingerprint density at radius 2 is 2.31 bits per heavy atom. The molecule has 0 saturated heterocycles. The van der Waals surface area contributed by atoms with Crippen LogP contribution in [0.15, 0.2) is 4.21 Å². The Balaban J connectivity index is 2.96. The van der Waals surface area contributed by atoms with Crippen LogP contribution in [-0.4, -0.2) is 16.7 Å². The van der Waals surface area contributed by atoms with Crippen molar-refractivity contribution in [2.75, 3.05) is 6.26 Å². The van der Waals surface area contributed by atoms with Crippen molar-refractivity contribution in [1.82, 2.24) is 4.37 Å². The van der Waals surface area contributed by atoms with Crippen molar-refractivity contribution in [3.05, 3.63) is 5.56 Å². The SMILES string of the molecule is CSc1snc(OC(C)C)c1C#N. The summed E-state index contributed by atoms with van der Waals surface area (Å²) >= 11 is 2.83. The van der Waals surface area contributed by atoms with E-state index in [9.17, 15) is 0 Å². The van der Waals surface area contributed by atoms with Gasteiger partial charge in [-0.3, -0.25) is 0 Å². The summed E-state index contributed by atoms with van der Waals surface area (Å²) in [6.07, 6.45) is 1.98. The topological polar surface area (TPSA) is 45.9 Å². The molecule has 1 aromatic heterocycles. The van der Waals surface area contributed by atoms with Gasteiger partial charge in [0.1, 0.15) is 15.8 Å². The van der Waals surface area contributed by atoms with Crippen molar-refractivity contribution in [3.8, 4) is 11.9 Å². The van der Waals surface area contributed by atoms with E-state index in [-0.39, 0.29) is 6.10 Å². The molecule has 0 aliphatic heterocycles. The van der Waals surface area contributed by atoms with Crippen LogP contribution in [0.4, 0.5) is 0 Å². The molecule has 0 aromatic carbocycles. The fraction of sp³-hybridized carbons (Fsp3) is 0.500. The molecular formula is C8H10N2OS2. The summed E-state index contributed by atoms with van der Waals surface area (Å²) in [5.74, 6) is 0.465. The van der Waals surface area contributed by atoms with Gasteiger partial charge in [-0.2, -0.15) is 9.64 Å². The Morgan fingerprint density at radius 1 is 1.62 bits per heavy atom. The van der Waals surface area contributed by atoms with Crippen molar-refractivity contribution in [2.24, 2.45) is 0 Å². The van der Waals surface area contributed by atoms with E-state index >= 15 is 0 Å². The molecule has 0 radical (unpaired) electrons. The van der Waals surface area contributed by atoms with Gasteiger partial charge in [0, 0.05) is 0 Å². The highest BCUT2D eigenvalue weighted by Crippen LogP contribution is 2.32. The van der Waals surface area contributed by atoms with E-state index < -0.39 is 0 Å². The van der Waals surface area contributed by atoms with Gasteiger partial charge in [-0.25, -0.2) is 0 Å². The zero-order valence-corrected chi connectivity index (χ0v) is 9.33. The van der Waals surface area contributed by atoms with Gasteiger partial charge >= 0.3 is 0 Å². The van der Waals surface area contributed by atoms with Crippen molar-refractivity contribution in [2.45, 2.75) is 24.2 Å². The van der Waals surface area contributed by atoms with Crippen LogP contribution in [0.3, 0.4) is 0 Å². The lowest BCUT2D eigenvalue weighted by Crippen LogP contribution is -2.06. The fourth-order valence-corrected chi connectivity index (χ4v) is 2.07. The Hall–Kier alpha value is -0.730. The van der Waals surface area contributed by atoms with E-state index in [0.29, 0.717) is 11.4 Å². The van der Waals surface area contributed by atoms with E-state index in [0.717, 1.165) is 4.21 Å². The molecule has 0 aliphatic rings. The molecule has 3 nitrogen and oxygen atoms in total. The summed E-state index contributed by atoms with van der Waals surface area (Å²) in [4.78, 5) is 0. The highest BCUT2D eigenvalue weighted by molar-refractivity contribution is 8.00. The minimum absolute atomic E-state index is 0.0592. The van der Waals surface area contributed by atoms with Gasteiger partial charge in [0.2, 0.25) is 5.88 Å². The van der Waals surface area contributed by atoms with E-state index in [1.165, 1.54) is 23.3 Å². The summed E-state index contributed by atoms with van der Waals surface area (Å²) in [5.41, 5.74) is 0.561. The average Bonchev–Trinajstić information content (AvgIpc) is 2.45. The Bertz CT molecular complexity index is 327. The normalized spacial score (nSPS) is 10.1. The predicted molar refractivity (Wildman–Crippen MR) is 54.4 cm³/mol. The lowest BCUT2D eigenvalue weighted by atomic mass is 10.4. The maximum atomic E-state index is 8.86. The van der Waals surface area contributed by atoms with Gasteiger partial charge in [0.15, 0.2) is 0 Å². The number of nitriles is 1. The molecule has 0 amide bonds. The molecular weight excluding hydrogens is 204 g/mol. The molecule has 0 N–H and O–H groups in total. The molecule has 1 aromatic rings. The first-order valence-corrected chi connectivity index (χ1v) is 5.79. The van der Waals surface area contributed by atoms with Crippen LogP contribution in [0.2, 0.25) is 0 Å². The molecule has 0 unspecified atom stereocenters. The van der Waals surface area contributed by atoms with Crippen LogP contribution in [0.1, 0.15) is 19.4 Å². The molecule has 0 fully saturated rings. The summed E-state index contributed by atoms with van der Waals surface area (Å²) in [7, 11) is 0. The van der Waals surface area contributed by atoms with Gasteiger partial charge in [0.25, 0.3) is 0 Å². The fourth-order valence-electron chi connectivity index (χ4n) is 0.798. The van der Waals surface area contributed by atoms with Gasteiger partial charge in [-0.15, -0.1) is 11.8 Å². The number of thioether (sulfide) groups is 1. The maximum absolute atomic E-state index is 8.86. The second-order valence-corrected chi connectivity index (χ2v) is 4.48. The Morgan fingerprint density at radius 3 is 2.77 bits per heavy atom. The smallest absolute Gasteiger partial charge is 0.244 e. The van der Waals surface area contributed by atoms with Crippen molar-refractivity contribution >= 4 is 23.3 Å². The van der Waals surface area contributed by atoms with E-state index in [1.807, 2.05) is 20.1 Å². The molecule has 13 heavy (non-hydrogen) atoms. The van der Waals surface area contributed by atoms with Gasteiger partial charge in [-0.1, -0.05) is 0 Å². The highest BCUT2D eigenvalue weighted by Gasteiger charge is 2.14. The molecule has 5 heteroatoms. The van der Waals surface area contributed by atoms with Crippen molar-refractivity contribution in [1.29, 1.82) is 5.26 Å². The van der Waals surface area contributed by atoms with E-state index in [1.54, 1.807) is 0 Å². The van der Waals surface area contributed by atoms with Gasteiger partial charge in [-0.05, 0) is 31.6 Å². The second kappa shape index (κ2) is 4.49. The Labute approximate surface area is 85.9 Å². The first-order chi connectivity index (χ1) is 6.19. The van der Waals surface area contributed by atoms with Crippen LogP contribution in [0.25, 0.3) is 0 Å². The number of ether oxygens (including phenoxy) is 1. The average molecular weight is 214 g/mol. The Kier molecular flexibility index (Phi) is 3.58. The van der Waals surface area contributed by atoms with E-state index in [2.05, 4.69) is 10.4 Å². The predicted octanol–water partition coefficient (Wildman–Crippen LogP) is 2.52. The van der Waals surface area contributed by atoms with Crippen LogP contribution in [-0.2, 0) is 0 Å².